The molecule has 0 atom stereocenters. The van der Waals surface area contributed by atoms with E-state index in [1.54, 1.807) is 6.20 Å². The topological polar surface area (TPSA) is 28.2 Å². The van der Waals surface area contributed by atoms with E-state index in [-0.39, 0.29) is 5.82 Å². The van der Waals surface area contributed by atoms with Crippen molar-refractivity contribution in [1.29, 1.82) is 0 Å². The van der Waals surface area contributed by atoms with Crippen LogP contribution in [0.2, 0.25) is 0 Å². The standard InChI is InChI=1S/C17H19F2N3/c18-14-4-5-16(19)13(11-14)12-21-15-6-9-22(10-7-15)17-3-1-2-8-20-17/h1-5,8,11,15,21H,6-7,9-10,12H2. The summed E-state index contributed by atoms with van der Waals surface area (Å²) in [7, 11) is 0. The van der Waals surface area contributed by atoms with Crippen LogP contribution in [-0.4, -0.2) is 24.1 Å². The molecule has 1 saturated heterocycles. The molecule has 22 heavy (non-hydrogen) atoms. The molecule has 1 aromatic heterocycles. The number of halogens is 2. The van der Waals surface area contributed by atoms with Crippen molar-refractivity contribution in [2.45, 2.75) is 25.4 Å². The Bertz CT molecular complexity index is 611. The first kappa shape index (κ1) is 14.9. The van der Waals surface area contributed by atoms with Gasteiger partial charge in [-0.1, -0.05) is 6.07 Å². The first-order valence-electron chi connectivity index (χ1n) is 7.55. The van der Waals surface area contributed by atoms with Gasteiger partial charge in [-0.2, -0.15) is 0 Å². The van der Waals surface area contributed by atoms with Crippen LogP contribution in [0.4, 0.5) is 14.6 Å². The van der Waals surface area contributed by atoms with E-state index in [0.29, 0.717) is 18.2 Å². The highest BCUT2D eigenvalue weighted by Gasteiger charge is 2.19. The first-order valence-corrected chi connectivity index (χ1v) is 7.55. The van der Waals surface area contributed by atoms with Crippen LogP contribution in [-0.2, 0) is 6.54 Å². The van der Waals surface area contributed by atoms with Gasteiger partial charge in [0, 0.05) is 37.4 Å². The first-order chi connectivity index (χ1) is 10.7. The highest BCUT2D eigenvalue weighted by atomic mass is 19.1. The van der Waals surface area contributed by atoms with Crippen LogP contribution in [0.5, 0.6) is 0 Å². The van der Waals surface area contributed by atoms with Gasteiger partial charge in [0.2, 0.25) is 0 Å². The van der Waals surface area contributed by atoms with Crippen molar-refractivity contribution >= 4 is 5.82 Å². The molecule has 0 spiro atoms. The highest BCUT2D eigenvalue weighted by molar-refractivity contribution is 5.38. The summed E-state index contributed by atoms with van der Waals surface area (Å²) in [6, 6.07) is 9.80. The summed E-state index contributed by atoms with van der Waals surface area (Å²) in [6.07, 6.45) is 3.73. The number of aromatic nitrogens is 1. The van der Waals surface area contributed by atoms with Gasteiger partial charge in [0.15, 0.2) is 0 Å². The normalized spacial score (nSPS) is 16.0. The van der Waals surface area contributed by atoms with E-state index in [4.69, 9.17) is 0 Å². The summed E-state index contributed by atoms with van der Waals surface area (Å²) in [6.45, 7) is 2.19. The molecule has 0 saturated carbocycles. The average Bonchev–Trinajstić information content (AvgIpc) is 2.57. The number of piperidine rings is 1. The SMILES string of the molecule is Fc1ccc(F)c(CNC2CCN(c3ccccn3)CC2)c1. The van der Waals surface area contributed by atoms with Crippen LogP contribution in [0, 0.1) is 11.6 Å². The molecule has 2 aromatic rings. The van der Waals surface area contributed by atoms with Crippen LogP contribution in [0.15, 0.2) is 42.6 Å². The number of hydrogen-bond acceptors (Lipinski definition) is 3. The van der Waals surface area contributed by atoms with Crippen LogP contribution >= 0.6 is 0 Å². The molecule has 0 unspecified atom stereocenters. The van der Waals surface area contributed by atoms with E-state index < -0.39 is 5.82 Å². The second kappa shape index (κ2) is 6.83. The van der Waals surface area contributed by atoms with Gasteiger partial charge in [-0.3, -0.25) is 0 Å². The number of rotatable bonds is 4. The number of hydrogen-bond donors (Lipinski definition) is 1. The molecule has 2 heterocycles. The van der Waals surface area contributed by atoms with Crippen molar-refractivity contribution in [2.24, 2.45) is 0 Å². The highest BCUT2D eigenvalue weighted by Crippen LogP contribution is 2.18. The number of pyridine rings is 1. The maximum absolute atomic E-state index is 13.6. The predicted molar refractivity (Wildman–Crippen MR) is 82.7 cm³/mol. The molecule has 1 aliphatic rings. The summed E-state index contributed by atoms with van der Waals surface area (Å²) < 4.78 is 26.7. The number of nitrogens with zero attached hydrogens (tertiary/aromatic N) is 2. The van der Waals surface area contributed by atoms with E-state index in [9.17, 15) is 8.78 Å². The molecule has 0 bridgehead atoms. The third-order valence-corrected chi connectivity index (χ3v) is 4.06. The van der Waals surface area contributed by atoms with Crippen molar-refractivity contribution in [3.8, 4) is 0 Å². The van der Waals surface area contributed by atoms with E-state index >= 15 is 0 Å². The summed E-state index contributed by atoms with van der Waals surface area (Å²) in [5.41, 5.74) is 0.382. The van der Waals surface area contributed by atoms with Crippen molar-refractivity contribution in [2.75, 3.05) is 18.0 Å². The van der Waals surface area contributed by atoms with Crippen molar-refractivity contribution in [1.82, 2.24) is 10.3 Å². The Balaban J connectivity index is 1.51. The fraction of sp³-hybridized carbons (Fsp3) is 0.353. The van der Waals surface area contributed by atoms with Crippen molar-refractivity contribution in [3.63, 3.8) is 0 Å². The van der Waals surface area contributed by atoms with E-state index in [2.05, 4.69) is 15.2 Å². The Morgan fingerprint density at radius 2 is 1.95 bits per heavy atom. The van der Waals surface area contributed by atoms with Gasteiger partial charge in [-0.25, -0.2) is 13.8 Å². The largest absolute Gasteiger partial charge is 0.357 e. The Morgan fingerprint density at radius 3 is 2.68 bits per heavy atom. The number of anilines is 1. The lowest BCUT2D eigenvalue weighted by molar-refractivity contribution is 0.408. The molecule has 3 rings (SSSR count). The van der Waals surface area contributed by atoms with Crippen LogP contribution < -0.4 is 10.2 Å². The van der Waals surface area contributed by atoms with Crippen LogP contribution in [0.1, 0.15) is 18.4 Å². The van der Waals surface area contributed by atoms with Gasteiger partial charge in [-0.05, 0) is 43.2 Å². The lowest BCUT2D eigenvalue weighted by Gasteiger charge is -2.33. The third-order valence-electron chi connectivity index (χ3n) is 4.06. The van der Waals surface area contributed by atoms with Gasteiger partial charge in [-0.15, -0.1) is 0 Å². The Kier molecular flexibility index (Phi) is 4.63. The van der Waals surface area contributed by atoms with Crippen molar-refractivity contribution < 1.29 is 8.78 Å². The van der Waals surface area contributed by atoms with Crippen LogP contribution in [0.3, 0.4) is 0 Å². The zero-order valence-electron chi connectivity index (χ0n) is 12.3. The molecular weight excluding hydrogens is 284 g/mol. The lowest BCUT2D eigenvalue weighted by Crippen LogP contribution is -2.42. The summed E-state index contributed by atoms with van der Waals surface area (Å²) in [4.78, 5) is 6.61. The molecule has 1 aliphatic heterocycles. The second-order valence-corrected chi connectivity index (χ2v) is 5.57. The maximum Gasteiger partial charge on any atom is 0.128 e. The quantitative estimate of drug-likeness (QED) is 0.940. The van der Waals surface area contributed by atoms with E-state index in [0.717, 1.165) is 37.8 Å². The summed E-state index contributed by atoms with van der Waals surface area (Å²) in [5.74, 6) is 0.236. The zero-order valence-corrected chi connectivity index (χ0v) is 12.3. The minimum absolute atomic E-state index is 0.322. The smallest absolute Gasteiger partial charge is 0.128 e. The minimum Gasteiger partial charge on any atom is -0.357 e. The molecule has 5 heteroatoms. The third kappa shape index (κ3) is 3.60. The zero-order chi connectivity index (χ0) is 15.4. The molecule has 1 aromatic carbocycles. The maximum atomic E-state index is 13.6. The molecule has 116 valence electrons. The van der Waals surface area contributed by atoms with Gasteiger partial charge < -0.3 is 10.2 Å². The molecule has 1 fully saturated rings. The van der Waals surface area contributed by atoms with E-state index in [1.807, 2.05) is 18.2 Å². The lowest BCUT2D eigenvalue weighted by atomic mass is 10.0. The van der Waals surface area contributed by atoms with Crippen LogP contribution in [0.25, 0.3) is 0 Å². The van der Waals surface area contributed by atoms with Gasteiger partial charge in [0.25, 0.3) is 0 Å². The van der Waals surface area contributed by atoms with Gasteiger partial charge >= 0.3 is 0 Å². The predicted octanol–water partition coefficient (Wildman–Crippen LogP) is 3.12. The second-order valence-electron chi connectivity index (χ2n) is 5.57. The fourth-order valence-electron chi connectivity index (χ4n) is 2.79. The molecule has 1 N–H and O–H groups in total. The van der Waals surface area contributed by atoms with Gasteiger partial charge in [0.05, 0.1) is 0 Å². The summed E-state index contributed by atoms with van der Waals surface area (Å²) >= 11 is 0. The average molecular weight is 303 g/mol. The van der Waals surface area contributed by atoms with E-state index in [1.165, 1.54) is 12.1 Å². The molecule has 0 radical (unpaired) electrons. The monoisotopic (exact) mass is 303 g/mol. The molecular formula is C17H19F2N3. The Hall–Kier alpha value is -2.01. The molecule has 0 aliphatic carbocycles. The number of nitrogens with one attached hydrogen (secondary N) is 1. The Morgan fingerprint density at radius 1 is 1.14 bits per heavy atom. The Labute approximate surface area is 129 Å². The minimum atomic E-state index is -0.400. The molecule has 0 amide bonds. The number of benzene rings is 1. The van der Waals surface area contributed by atoms with Crippen molar-refractivity contribution in [3.05, 3.63) is 59.8 Å². The summed E-state index contributed by atoms with van der Waals surface area (Å²) in [5, 5.41) is 3.32. The molecule has 3 nitrogen and oxygen atoms in total. The van der Waals surface area contributed by atoms with Gasteiger partial charge in [0.1, 0.15) is 17.5 Å². The fourth-order valence-corrected chi connectivity index (χ4v) is 2.79.